The second kappa shape index (κ2) is 24.8. The third-order valence-electron chi connectivity index (χ3n) is 11.9. The van der Waals surface area contributed by atoms with Crippen LogP contribution in [0.15, 0.2) is 54.6 Å². The van der Waals surface area contributed by atoms with Gasteiger partial charge in [0.15, 0.2) is 0 Å². The number of benzene rings is 2. The maximum atomic E-state index is 14.3. The third-order valence-corrected chi connectivity index (χ3v) is 13.1. The van der Waals surface area contributed by atoms with Crippen molar-refractivity contribution in [3.8, 4) is 0 Å². The van der Waals surface area contributed by atoms with Crippen LogP contribution in [0.5, 0.6) is 0 Å². The number of anilines is 1. The Balaban J connectivity index is 1.80. The van der Waals surface area contributed by atoms with Crippen LogP contribution in [0.1, 0.15) is 92.2 Å². The first-order chi connectivity index (χ1) is 31.6. The number of rotatable bonds is 22. The Labute approximate surface area is 398 Å². The van der Waals surface area contributed by atoms with Crippen LogP contribution in [0.2, 0.25) is 0 Å². The molecule has 4 N–H and O–H groups in total. The summed E-state index contributed by atoms with van der Waals surface area (Å²) >= 11 is 0. The van der Waals surface area contributed by atoms with Gasteiger partial charge in [0, 0.05) is 39.9 Å². The summed E-state index contributed by atoms with van der Waals surface area (Å²) in [5.41, 5.74) is -0.328. The van der Waals surface area contributed by atoms with Crippen LogP contribution in [0.3, 0.4) is 0 Å². The number of carbonyl (C=O) groups is 6. The van der Waals surface area contributed by atoms with Crippen LogP contribution >= 0.6 is 0 Å². The quantitative estimate of drug-likeness (QED) is 0.118. The van der Waals surface area contributed by atoms with Crippen LogP contribution in [-0.4, -0.2) is 130 Å². The maximum Gasteiger partial charge on any atom is 0.471 e. The molecule has 2 aromatic rings. The number of likely N-dealkylation sites (N-methyl/N-ethyl adjacent to an activating group) is 1. The Morgan fingerprint density at radius 3 is 2.01 bits per heavy atom. The van der Waals surface area contributed by atoms with Crippen LogP contribution in [0, 0.1) is 17.8 Å². The van der Waals surface area contributed by atoms with E-state index in [2.05, 4.69) is 10.6 Å². The van der Waals surface area contributed by atoms with Crippen molar-refractivity contribution in [1.29, 1.82) is 0 Å². The van der Waals surface area contributed by atoms with Crippen molar-refractivity contribution < 1.29 is 64.6 Å². The summed E-state index contributed by atoms with van der Waals surface area (Å²) in [6, 6.07) is 9.55. The number of hydrogen-bond donors (Lipinski definition) is 4. The van der Waals surface area contributed by atoms with Gasteiger partial charge in [-0.2, -0.15) is 13.2 Å². The molecule has 21 heteroatoms. The van der Waals surface area contributed by atoms with Crippen molar-refractivity contribution in [1.82, 2.24) is 25.2 Å². The molecule has 6 amide bonds. The lowest BCUT2D eigenvalue weighted by molar-refractivity contribution is -0.167. The zero-order valence-corrected chi connectivity index (χ0v) is 41.6. The lowest BCUT2D eigenvalue weighted by atomic mass is 9.89. The number of nitrogens with zero attached hydrogens (tertiary/aromatic N) is 2. The topological polar surface area (TPSA) is 219 Å². The van der Waals surface area contributed by atoms with Gasteiger partial charge in [0.2, 0.25) is 27.7 Å². The van der Waals surface area contributed by atoms with Gasteiger partial charge in [0.05, 0.1) is 42.4 Å². The molecular weight excluding hydrogens is 914 g/mol. The highest BCUT2D eigenvalue weighted by Crippen LogP contribution is 2.30. The number of methoxy groups -OCH3 is 2. The molecule has 2 aromatic carbocycles. The van der Waals surface area contributed by atoms with Gasteiger partial charge < -0.3 is 40.0 Å². The van der Waals surface area contributed by atoms with Gasteiger partial charge in [0.1, 0.15) is 17.7 Å². The Kier molecular flexibility index (Phi) is 20.8. The van der Waals surface area contributed by atoms with E-state index < -0.39 is 93.7 Å². The molecule has 0 radical (unpaired) electrons. The highest BCUT2D eigenvalue weighted by Gasteiger charge is 2.44. The fourth-order valence-electron chi connectivity index (χ4n) is 8.20. The average Bonchev–Trinajstić information content (AvgIpc) is 3.74. The number of halogens is 3. The maximum absolute atomic E-state index is 14.3. The standard InChI is InChI=1S/C47H69F3N6O11S/c1-12-29(4)39(55(9)43(60)38(28(2)3)53-45(62)67-46(6,7)8)36(65-10)26-37(57)56-24-16-19-35(56)40(66-11)30(5)41(58)52-34(25-31-17-14-13-15-18-31)42(59)54-68(63,64)27-32-20-22-33(23-21-32)51-44(61)47(48,49)50/h13-15,17-18,20-23,28-30,34-36,38-40H,12,16,19,24-27H2,1-11H3,(H,51,61)(H,52,58)(H,53,62)(H,54,59)/t29-,30-,34+,35+,36-,38+,39+,40-/m1/s1. The van der Waals surface area contributed by atoms with E-state index >= 15 is 0 Å². The SMILES string of the molecule is CC[C@@H](C)[C@@H]([C@@H](CC(=O)N1CCC[C@H]1[C@H](OC)[C@@H](C)C(=O)N[C@@H](Cc1ccccc1)C(=O)NS(=O)(=O)Cc1ccc(NC(=O)C(F)(F)F)cc1)OC)N(C)C(=O)[C@@H](NC(=O)OC(C)(C)C)C(C)C. The fraction of sp³-hybridized carbons (Fsp3) is 0.617. The van der Waals surface area contributed by atoms with Gasteiger partial charge in [-0.25, -0.2) is 13.2 Å². The van der Waals surface area contributed by atoms with Crippen LogP contribution in [-0.2, 0) is 60.4 Å². The number of hydrogen-bond acceptors (Lipinski definition) is 11. The number of alkyl carbamates (subject to hydrolysis) is 1. The molecule has 1 fully saturated rings. The molecule has 17 nitrogen and oxygen atoms in total. The molecule has 1 aliphatic rings. The fourth-order valence-corrected chi connectivity index (χ4v) is 9.35. The molecule has 0 bridgehead atoms. The summed E-state index contributed by atoms with van der Waals surface area (Å²) in [7, 11) is 0.0593. The molecule has 0 saturated carbocycles. The summed E-state index contributed by atoms with van der Waals surface area (Å²) in [5, 5.41) is 7.06. The summed E-state index contributed by atoms with van der Waals surface area (Å²) in [5.74, 6) is -6.79. The lowest BCUT2D eigenvalue weighted by Gasteiger charge is -2.40. The van der Waals surface area contributed by atoms with Crippen molar-refractivity contribution >= 4 is 51.3 Å². The number of alkyl halides is 3. The molecule has 380 valence electrons. The molecule has 1 heterocycles. The number of sulfonamides is 1. The Morgan fingerprint density at radius 1 is 0.868 bits per heavy atom. The number of nitrogens with one attached hydrogen (secondary N) is 4. The van der Waals surface area contributed by atoms with Crippen molar-refractivity contribution in [3.63, 3.8) is 0 Å². The van der Waals surface area contributed by atoms with E-state index in [4.69, 9.17) is 14.2 Å². The number of likely N-dealkylation sites (tertiary alicyclic amines) is 1. The first kappa shape index (κ1) is 57.0. The number of ether oxygens (including phenoxy) is 3. The second-order valence-corrected chi connectivity index (χ2v) is 20.3. The van der Waals surface area contributed by atoms with Gasteiger partial charge in [-0.15, -0.1) is 0 Å². The Morgan fingerprint density at radius 2 is 1.49 bits per heavy atom. The lowest BCUT2D eigenvalue weighted by Crippen LogP contribution is -2.58. The number of carbonyl (C=O) groups excluding carboxylic acids is 6. The summed E-state index contributed by atoms with van der Waals surface area (Å²) in [6.07, 6.45) is -6.07. The Hall–Kier alpha value is -5.28. The minimum Gasteiger partial charge on any atom is -0.444 e. The van der Waals surface area contributed by atoms with Crippen molar-refractivity contribution in [3.05, 3.63) is 65.7 Å². The zero-order chi connectivity index (χ0) is 51.3. The van der Waals surface area contributed by atoms with Gasteiger partial charge in [-0.1, -0.05) is 83.5 Å². The average molecular weight is 983 g/mol. The van der Waals surface area contributed by atoms with E-state index in [1.807, 2.05) is 18.6 Å². The minimum atomic E-state index is -5.13. The summed E-state index contributed by atoms with van der Waals surface area (Å²) < 4.78 is 83.8. The molecular formula is C47H69F3N6O11S. The van der Waals surface area contributed by atoms with Gasteiger partial charge >= 0.3 is 18.2 Å². The first-order valence-electron chi connectivity index (χ1n) is 22.6. The van der Waals surface area contributed by atoms with Gasteiger partial charge in [0.25, 0.3) is 5.91 Å². The second-order valence-electron chi connectivity index (χ2n) is 18.6. The van der Waals surface area contributed by atoms with Crippen LogP contribution in [0.4, 0.5) is 23.7 Å². The van der Waals surface area contributed by atoms with Crippen molar-refractivity contribution in [2.75, 3.05) is 33.1 Å². The molecule has 0 aliphatic carbocycles. The Bertz CT molecular complexity index is 2140. The third kappa shape index (κ3) is 16.7. The molecule has 3 rings (SSSR count). The normalized spacial score (nSPS) is 17.5. The zero-order valence-electron chi connectivity index (χ0n) is 40.8. The molecule has 0 aromatic heterocycles. The van der Waals surface area contributed by atoms with Crippen molar-refractivity contribution in [2.45, 2.75) is 141 Å². The minimum absolute atomic E-state index is 0.0891. The van der Waals surface area contributed by atoms with Crippen LogP contribution < -0.4 is 20.7 Å². The largest absolute Gasteiger partial charge is 0.471 e. The van der Waals surface area contributed by atoms with Crippen LogP contribution in [0.25, 0.3) is 0 Å². The molecule has 8 atom stereocenters. The predicted octanol–water partition coefficient (Wildman–Crippen LogP) is 5.33. The van der Waals surface area contributed by atoms with E-state index in [1.54, 1.807) is 89.1 Å². The van der Waals surface area contributed by atoms with E-state index in [0.717, 1.165) is 12.1 Å². The summed E-state index contributed by atoms with van der Waals surface area (Å²) in [4.78, 5) is 83.5. The molecule has 68 heavy (non-hydrogen) atoms. The predicted molar refractivity (Wildman–Crippen MR) is 248 cm³/mol. The van der Waals surface area contributed by atoms with Crippen molar-refractivity contribution in [2.24, 2.45) is 17.8 Å². The molecule has 0 unspecified atom stereocenters. The monoisotopic (exact) mass is 982 g/mol. The highest BCUT2D eigenvalue weighted by molar-refractivity contribution is 7.89. The summed E-state index contributed by atoms with van der Waals surface area (Å²) in [6.45, 7) is 14.6. The molecule has 0 spiro atoms. The number of amides is 6. The van der Waals surface area contributed by atoms with Gasteiger partial charge in [-0.3, -0.25) is 28.7 Å². The van der Waals surface area contributed by atoms with Gasteiger partial charge in [-0.05, 0) is 68.7 Å². The molecule has 1 aliphatic heterocycles. The van der Waals surface area contributed by atoms with E-state index in [9.17, 15) is 50.4 Å². The highest BCUT2D eigenvalue weighted by atomic mass is 32.2. The molecule has 1 saturated heterocycles. The first-order valence-corrected chi connectivity index (χ1v) is 24.2. The van der Waals surface area contributed by atoms with E-state index in [-0.39, 0.29) is 47.7 Å². The van der Waals surface area contributed by atoms with E-state index in [1.165, 1.54) is 31.3 Å². The smallest absolute Gasteiger partial charge is 0.444 e. The van der Waals surface area contributed by atoms with E-state index in [0.29, 0.717) is 31.4 Å².